The lowest BCUT2D eigenvalue weighted by Gasteiger charge is -2.36. The Morgan fingerprint density at radius 3 is 2.52 bits per heavy atom. The van der Waals surface area contributed by atoms with Gasteiger partial charge in [0.05, 0.1) is 31.0 Å². The molecule has 2 saturated carbocycles. The lowest BCUT2D eigenvalue weighted by atomic mass is 9.85. The minimum absolute atomic E-state index is 0.0195. The molecule has 1 saturated heterocycles. The Balaban J connectivity index is 1.23. The SMILES string of the molecule is C=C[C@@H]1C[C@]1(NC(=O)[C@@H]1C[C@@H](Oc2cc(-c3csc(NC(C)C)n3)nc3cc(OC)ccc23)CN1C(=O)C(NC(=O)OC1CCCC1)C(C)(C)C)P(=O)(O)Cc1c(F)cccc1Cl. The van der Waals surface area contributed by atoms with E-state index in [9.17, 15) is 28.2 Å². The molecule has 3 fully saturated rings. The van der Waals surface area contributed by atoms with Crippen LogP contribution in [0.3, 0.4) is 0 Å². The Labute approximate surface area is 375 Å². The summed E-state index contributed by atoms with van der Waals surface area (Å²) in [5.74, 6) is -1.67. The molecule has 14 nitrogen and oxygen atoms in total. The van der Waals surface area contributed by atoms with E-state index < -0.39 is 72.1 Å². The van der Waals surface area contributed by atoms with E-state index in [1.165, 1.54) is 34.4 Å². The van der Waals surface area contributed by atoms with E-state index in [-0.39, 0.29) is 42.1 Å². The summed E-state index contributed by atoms with van der Waals surface area (Å²) in [6, 6.07) is 8.92. The Morgan fingerprint density at radius 2 is 1.87 bits per heavy atom. The summed E-state index contributed by atoms with van der Waals surface area (Å²) in [5.41, 5.74) is 0.708. The Hall–Kier alpha value is -4.76. The Bertz CT molecular complexity index is 2420. The summed E-state index contributed by atoms with van der Waals surface area (Å²) in [6.07, 6.45) is 2.44. The van der Waals surface area contributed by atoms with Gasteiger partial charge in [-0.3, -0.25) is 14.2 Å². The second-order valence-electron chi connectivity index (χ2n) is 18.0. The summed E-state index contributed by atoms with van der Waals surface area (Å²) in [4.78, 5) is 65.7. The fraction of sp³-hybridized carbons (Fsp3) is 0.489. The highest BCUT2D eigenvalue weighted by molar-refractivity contribution is 7.59. The van der Waals surface area contributed by atoms with Crippen LogP contribution in [0, 0.1) is 17.2 Å². The first-order valence-electron chi connectivity index (χ1n) is 21.2. The summed E-state index contributed by atoms with van der Waals surface area (Å²) in [6.45, 7) is 13.2. The van der Waals surface area contributed by atoms with E-state index in [1.807, 2.05) is 25.3 Å². The number of hydrogen-bond acceptors (Lipinski definition) is 11. The van der Waals surface area contributed by atoms with Gasteiger partial charge in [-0.25, -0.2) is 19.2 Å². The zero-order valence-corrected chi connectivity index (χ0v) is 38.7. The summed E-state index contributed by atoms with van der Waals surface area (Å²) >= 11 is 7.73. The number of alkyl carbamates (subject to hydrolysis) is 1. The van der Waals surface area contributed by atoms with Crippen molar-refractivity contribution < 1.29 is 42.4 Å². The fourth-order valence-electron chi connectivity index (χ4n) is 8.44. The highest BCUT2D eigenvalue weighted by atomic mass is 35.5. The zero-order valence-electron chi connectivity index (χ0n) is 36.3. The molecular formula is C45H55ClFN6O8PS. The third-order valence-electron chi connectivity index (χ3n) is 11.9. The number of carbonyl (C=O) groups is 3. The number of benzene rings is 2. The quantitative estimate of drug-likeness (QED) is 0.0661. The average molecular weight is 925 g/mol. The minimum atomic E-state index is -4.46. The number of hydrogen-bond donors (Lipinski definition) is 4. The van der Waals surface area contributed by atoms with Gasteiger partial charge < -0.3 is 40.0 Å². The van der Waals surface area contributed by atoms with Gasteiger partial charge in [-0.2, -0.15) is 0 Å². The standard InChI is InChI=1S/C45H55ClFN6O8PS/c1-8-26-21-45(26,62(57,58)23-31-32(46)14-11-15-33(31)47)52-40(54)37-19-29(22-53(37)41(55)39(44(4,5)6)51-43(56)61-27-12-9-10-13-27)60-38-20-35(36-24-63-42(50-36)48-25(2)3)49-34-18-28(59-7)16-17-30(34)38/h8,11,14-18,20,24-27,29,37,39H,1,9-10,12-13,19,21-23H2,2-7H3,(H,48,50)(H,51,56)(H,52,54)(H,57,58)/t26-,29-,37+,39?,45+/m1/s1. The molecule has 4 N–H and O–H groups in total. The van der Waals surface area contributed by atoms with Crippen LogP contribution >= 0.6 is 30.3 Å². The van der Waals surface area contributed by atoms with Crippen LogP contribution in [0.4, 0.5) is 14.3 Å². The molecule has 7 rings (SSSR count). The second-order valence-corrected chi connectivity index (χ2v) is 21.8. The molecule has 2 unspecified atom stereocenters. The number of aromatic nitrogens is 2. The van der Waals surface area contributed by atoms with E-state index in [1.54, 1.807) is 46.1 Å². The number of anilines is 1. The Kier molecular flexibility index (Phi) is 13.5. The summed E-state index contributed by atoms with van der Waals surface area (Å²) < 4.78 is 47.3. The molecule has 2 aromatic heterocycles. The van der Waals surface area contributed by atoms with Crippen molar-refractivity contribution in [2.24, 2.45) is 11.3 Å². The van der Waals surface area contributed by atoms with Crippen molar-refractivity contribution in [2.45, 2.75) is 115 Å². The first-order valence-corrected chi connectivity index (χ1v) is 24.3. The molecule has 3 aliphatic rings. The van der Waals surface area contributed by atoms with Gasteiger partial charge in [0.2, 0.25) is 19.2 Å². The molecule has 6 atom stereocenters. The molecule has 2 aromatic carbocycles. The molecule has 2 aliphatic carbocycles. The second kappa shape index (κ2) is 18.4. The molecule has 3 heterocycles. The number of nitrogens with zero attached hydrogens (tertiary/aromatic N) is 3. The monoisotopic (exact) mass is 924 g/mol. The number of amides is 3. The predicted molar refractivity (Wildman–Crippen MR) is 242 cm³/mol. The van der Waals surface area contributed by atoms with E-state index in [0.717, 1.165) is 36.9 Å². The third kappa shape index (κ3) is 9.99. The van der Waals surface area contributed by atoms with E-state index in [4.69, 9.17) is 35.8 Å². The van der Waals surface area contributed by atoms with Crippen LogP contribution in [0.15, 0.2) is 60.5 Å². The molecule has 3 amide bonds. The minimum Gasteiger partial charge on any atom is -0.497 e. The van der Waals surface area contributed by atoms with Crippen molar-refractivity contribution in [3.8, 4) is 22.9 Å². The number of rotatable bonds is 15. The maximum Gasteiger partial charge on any atom is 0.408 e. The summed E-state index contributed by atoms with van der Waals surface area (Å²) in [7, 11) is -2.90. The van der Waals surface area contributed by atoms with E-state index in [2.05, 4.69) is 22.5 Å². The number of fused-ring (bicyclic) bond motifs is 1. The smallest absolute Gasteiger partial charge is 0.408 e. The highest BCUT2D eigenvalue weighted by Crippen LogP contribution is 2.71. The van der Waals surface area contributed by atoms with Crippen LogP contribution in [0.1, 0.15) is 78.7 Å². The van der Waals surface area contributed by atoms with Gasteiger partial charge in [-0.15, -0.1) is 17.9 Å². The lowest BCUT2D eigenvalue weighted by molar-refractivity contribution is -0.142. The van der Waals surface area contributed by atoms with E-state index >= 15 is 0 Å². The van der Waals surface area contributed by atoms with Crippen molar-refractivity contribution in [3.63, 3.8) is 0 Å². The molecular weight excluding hydrogens is 870 g/mol. The number of methoxy groups -OCH3 is 1. The van der Waals surface area contributed by atoms with Gasteiger partial charge in [0, 0.05) is 51.9 Å². The van der Waals surface area contributed by atoms with Gasteiger partial charge in [0.15, 0.2) is 5.13 Å². The van der Waals surface area contributed by atoms with Crippen molar-refractivity contribution in [1.29, 1.82) is 0 Å². The van der Waals surface area contributed by atoms with Crippen LogP contribution in [0.2, 0.25) is 5.02 Å². The number of halogens is 2. The molecule has 4 aromatic rings. The van der Waals surface area contributed by atoms with Crippen LogP contribution in [-0.4, -0.2) is 86.9 Å². The van der Waals surface area contributed by atoms with Crippen LogP contribution in [0.25, 0.3) is 22.3 Å². The average Bonchev–Trinajstić information content (AvgIpc) is 3.62. The van der Waals surface area contributed by atoms with E-state index in [0.29, 0.717) is 33.8 Å². The number of thiazole rings is 1. The van der Waals surface area contributed by atoms with Gasteiger partial charge in [-0.05, 0) is 75.6 Å². The van der Waals surface area contributed by atoms with Crippen molar-refractivity contribution in [1.82, 2.24) is 25.5 Å². The maximum absolute atomic E-state index is 15.0. The lowest BCUT2D eigenvalue weighted by Crippen LogP contribution is -2.58. The van der Waals surface area contributed by atoms with Crippen LogP contribution in [0.5, 0.6) is 11.5 Å². The number of carbonyl (C=O) groups excluding carboxylic acids is 3. The number of pyridine rings is 1. The molecule has 338 valence electrons. The zero-order chi connectivity index (χ0) is 45.4. The normalized spacial score (nSPS) is 22.6. The number of nitrogens with one attached hydrogen (secondary N) is 3. The largest absolute Gasteiger partial charge is 0.497 e. The van der Waals surface area contributed by atoms with Crippen molar-refractivity contribution >= 4 is 64.2 Å². The maximum atomic E-state index is 15.0. The highest BCUT2D eigenvalue weighted by Gasteiger charge is 2.66. The predicted octanol–water partition coefficient (Wildman–Crippen LogP) is 8.90. The van der Waals surface area contributed by atoms with Crippen molar-refractivity contribution in [2.75, 3.05) is 19.0 Å². The van der Waals surface area contributed by atoms with Gasteiger partial charge in [0.1, 0.15) is 52.6 Å². The molecule has 63 heavy (non-hydrogen) atoms. The Morgan fingerprint density at radius 1 is 1.13 bits per heavy atom. The van der Waals surface area contributed by atoms with Crippen LogP contribution in [-0.2, 0) is 25.1 Å². The van der Waals surface area contributed by atoms with Gasteiger partial charge >= 0.3 is 6.09 Å². The number of likely N-dealkylation sites (tertiary alicyclic amines) is 1. The number of ether oxygens (including phenoxy) is 3. The van der Waals surface area contributed by atoms with Gasteiger partial charge in [-0.1, -0.05) is 44.5 Å². The third-order valence-corrected chi connectivity index (χ3v) is 15.7. The molecule has 1 aliphatic heterocycles. The van der Waals surface area contributed by atoms with Crippen molar-refractivity contribution in [3.05, 3.63) is 76.9 Å². The molecule has 18 heteroatoms. The molecule has 0 spiro atoms. The van der Waals surface area contributed by atoms with Gasteiger partial charge in [0.25, 0.3) is 0 Å². The van der Waals surface area contributed by atoms with Crippen LogP contribution < -0.4 is 25.4 Å². The first kappa shape index (κ1) is 46.2. The first-order chi connectivity index (χ1) is 29.8. The molecule has 0 radical (unpaired) electrons. The molecule has 0 bridgehead atoms. The topological polar surface area (TPSA) is 181 Å². The fourth-order valence-corrected chi connectivity index (χ4v) is 12.0. The summed E-state index contributed by atoms with van der Waals surface area (Å²) in [5, 5.41) is 10.5.